The molecule has 1 aromatic rings. The minimum Gasteiger partial charge on any atom is -0.355 e. The third-order valence-corrected chi connectivity index (χ3v) is 2.92. The van der Waals surface area contributed by atoms with Crippen LogP contribution in [0.4, 0.5) is 10.1 Å². The average molecular weight is 277 g/mol. The van der Waals surface area contributed by atoms with Crippen molar-refractivity contribution in [1.29, 1.82) is 0 Å². The van der Waals surface area contributed by atoms with Gasteiger partial charge in [0, 0.05) is 19.2 Å². The molecule has 10 heteroatoms. The summed E-state index contributed by atoms with van der Waals surface area (Å²) in [6, 6.07) is 1.08. The SMILES string of the molecule is CNC(=O)c1cc([N+](=O)[O-])cc(S(N)(=O)=O)c1F. The summed E-state index contributed by atoms with van der Waals surface area (Å²) in [6.45, 7) is 0. The van der Waals surface area contributed by atoms with Crippen LogP contribution >= 0.6 is 0 Å². The Morgan fingerprint density at radius 1 is 1.50 bits per heavy atom. The van der Waals surface area contributed by atoms with Crippen LogP contribution in [0.15, 0.2) is 17.0 Å². The Morgan fingerprint density at radius 3 is 2.44 bits per heavy atom. The van der Waals surface area contributed by atoms with Crippen LogP contribution in [-0.2, 0) is 10.0 Å². The molecule has 0 saturated heterocycles. The van der Waals surface area contributed by atoms with Gasteiger partial charge in [-0.2, -0.15) is 0 Å². The summed E-state index contributed by atoms with van der Waals surface area (Å²) in [5.74, 6) is -2.43. The van der Waals surface area contributed by atoms with Crippen molar-refractivity contribution in [1.82, 2.24) is 5.32 Å². The number of carbonyl (C=O) groups excluding carboxylic acids is 1. The second-order valence-electron chi connectivity index (χ2n) is 3.19. The Morgan fingerprint density at radius 2 is 2.06 bits per heavy atom. The van der Waals surface area contributed by atoms with Gasteiger partial charge in [0.2, 0.25) is 10.0 Å². The molecule has 0 aliphatic rings. The molecule has 0 atom stereocenters. The highest BCUT2D eigenvalue weighted by molar-refractivity contribution is 7.89. The Hall–Kier alpha value is -2.07. The maximum absolute atomic E-state index is 13.7. The van der Waals surface area contributed by atoms with Crippen LogP contribution in [-0.4, -0.2) is 26.3 Å². The first-order valence-corrected chi connectivity index (χ1v) is 5.96. The van der Waals surface area contributed by atoms with Crippen LogP contribution < -0.4 is 10.5 Å². The molecule has 0 spiro atoms. The summed E-state index contributed by atoms with van der Waals surface area (Å²) >= 11 is 0. The van der Waals surface area contributed by atoms with E-state index in [9.17, 15) is 27.7 Å². The van der Waals surface area contributed by atoms with Crippen molar-refractivity contribution in [3.8, 4) is 0 Å². The highest BCUT2D eigenvalue weighted by atomic mass is 32.2. The zero-order chi connectivity index (χ0) is 14.1. The van der Waals surface area contributed by atoms with Gasteiger partial charge in [-0.3, -0.25) is 14.9 Å². The number of sulfonamides is 1. The Labute approximate surface area is 101 Å². The molecule has 0 fully saturated rings. The second-order valence-corrected chi connectivity index (χ2v) is 4.72. The normalized spacial score (nSPS) is 11.1. The van der Waals surface area contributed by atoms with E-state index in [1.807, 2.05) is 5.32 Å². The number of nitrogens with zero attached hydrogens (tertiary/aromatic N) is 1. The number of primary sulfonamides is 1. The predicted octanol–water partition coefficient (Wildman–Crippen LogP) is -0.259. The summed E-state index contributed by atoms with van der Waals surface area (Å²) in [7, 11) is -3.35. The number of amides is 1. The highest BCUT2D eigenvalue weighted by Crippen LogP contribution is 2.24. The molecule has 0 radical (unpaired) electrons. The van der Waals surface area contributed by atoms with Crippen molar-refractivity contribution in [3.63, 3.8) is 0 Å². The van der Waals surface area contributed by atoms with Gasteiger partial charge in [0.15, 0.2) is 5.82 Å². The summed E-state index contributed by atoms with van der Waals surface area (Å²) in [5.41, 5.74) is -1.52. The largest absolute Gasteiger partial charge is 0.355 e. The fourth-order valence-corrected chi connectivity index (χ4v) is 1.84. The van der Waals surface area contributed by atoms with Gasteiger partial charge in [0.25, 0.3) is 11.6 Å². The summed E-state index contributed by atoms with van der Waals surface area (Å²) in [4.78, 5) is 19.8. The van der Waals surface area contributed by atoms with Gasteiger partial charge in [-0.05, 0) is 0 Å². The molecule has 1 amide bonds. The molecule has 0 saturated carbocycles. The smallest absolute Gasteiger partial charge is 0.271 e. The molecule has 1 rings (SSSR count). The van der Waals surface area contributed by atoms with E-state index in [0.29, 0.717) is 12.1 Å². The quantitative estimate of drug-likeness (QED) is 0.580. The molecule has 0 aliphatic carbocycles. The number of nitrogens with two attached hydrogens (primary N) is 1. The van der Waals surface area contributed by atoms with Gasteiger partial charge in [-0.15, -0.1) is 0 Å². The van der Waals surface area contributed by atoms with E-state index in [1.54, 1.807) is 0 Å². The number of nitro groups is 1. The molecular weight excluding hydrogens is 269 g/mol. The van der Waals surface area contributed by atoms with E-state index in [-0.39, 0.29) is 0 Å². The molecular formula is C8H8FN3O5S. The lowest BCUT2D eigenvalue weighted by atomic mass is 10.1. The van der Waals surface area contributed by atoms with E-state index in [1.165, 1.54) is 0 Å². The first kappa shape index (κ1) is 14.0. The average Bonchev–Trinajstić information content (AvgIpc) is 2.26. The van der Waals surface area contributed by atoms with Gasteiger partial charge in [-0.1, -0.05) is 0 Å². The number of nitro benzene ring substituents is 1. The molecule has 1 aromatic carbocycles. The molecule has 3 N–H and O–H groups in total. The fraction of sp³-hybridized carbons (Fsp3) is 0.125. The molecule has 0 heterocycles. The Kier molecular flexibility index (Phi) is 3.62. The van der Waals surface area contributed by atoms with Crippen LogP contribution in [0.2, 0.25) is 0 Å². The monoisotopic (exact) mass is 277 g/mol. The number of benzene rings is 1. The molecule has 0 aromatic heterocycles. The third kappa shape index (κ3) is 2.60. The molecule has 0 aliphatic heterocycles. The van der Waals surface area contributed by atoms with E-state index in [0.717, 1.165) is 7.05 Å². The maximum Gasteiger partial charge on any atom is 0.271 e. The van der Waals surface area contributed by atoms with Crippen molar-refractivity contribution < 1.29 is 22.5 Å². The van der Waals surface area contributed by atoms with Crippen LogP contribution in [0.25, 0.3) is 0 Å². The number of nitrogens with one attached hydrogen (secondary N) is 1. The molecule has 0 bridgehead atoms. The maximum atomic E-state index is 13.7. The zero-order valence-corrected chi connectivity index (χ0v) is 9.82. The highest BCUT2D eigenvalue weighted by Gasteiger charge is 2.26. The van der Waals surface area contributed by atoms with E-state index in [2.05, 4.69) is 0 Å². The number of halogens is 1. The number of hydrogen-bond donors (Lipinski definition) is 2. The summed E-state index contributed by atoms with van der Waals surface area (Å²) in [5, 5.41) is 17.3. The fourth-order valence-electron chi connectivity index (χ4n) is 1.20. The third-order valence-electron chi connectivity index (χ3n) is 2.01. The van der Waals surface area contributed by atoms with Crippen molar-refractivity contribution in [2.24, 2.45) is 5.14 Å². The van der Waals surface area contributed by atoms with E-state index >= 15 is 0 Å². The lowest BCUT2D eigenvalue weighted by Crippen LogP contribution is -2.22. The molecule has 8 nitrogen and oxygen atoms in total. The Bertz CT molecular complexity index is 628. The van der Waals surface area contributed by atoms with Crippen molar-refractivity contribution in [3.05, 3.63) is 33.6 Å². The first-order valence-electron chi connectivity index (χ1n) is 4.41. The van der Waals surface area contributed by atoms with Gasteiger partial charge in [0.1, 0.15) is 4.90 Å². The number of hydrogen-bond acceptors (Lipinski definition) is 5. The lowest BCUT2D eigenvalue weighted by molar-refractivity contribution is -0.385. The predicted molar refractivity (Wildman–Crippen MR) is 57.8 cm³/mol. The number of carbonyl (C=O) groups is 1. The molecule has 98 valence electrons. The van der Waals surface area contributed by atoms with E-state index in [4.69, 9.17) is 5.14 Å². The van der Waals surface area contributed by atoms with Gasteiger partial charge in [-0.25, -0.2) is 17.9 Å². The second kappa shape index (κ2) is 4.66. The topological polar surface area (TPSA) is 132 Å². The van der Waals surface area contributed by atoms with Gasteiger partial charge in [0.05, 0.1) is 10.5 Å². The standard InChI is InChI=1S/C8H8FN3O5S/c1-11-8(13)5-2-4(12(14)15)3-6(7(5)9)18(10,16)17/h2-3H,1H3,(H,11,13)(H2,10,16,17). The van der Waals surface area contributed by atoms with Gasteiger partial charge >= 0.3 is 0 Å². The zero-order valence-electron chi connectivity index (χ0n) is 9.01. The van der Waals surface area contributed by atoms with Crippen LogP contribution in [0.3, 0.4) is 0 Å². The first-order chi connectivity index (χ1) is 8.18. The van der Waals surface area contributed by atoms with Crippen molar-refractivity contribution >= 4 is 21.6 Å². The molecule has 18 heavy (non-hydrogen) atoms. The lowest BCUT2D eigenvalue weighted by Gasteiger charge is -2.06. The van der Waals surface area contributed by atoms with Crippen LogP contribution in [0.5, 0.6) is 0 Å². The minimum atomic E-state index is -4.51. The number of rotatable bonds is 3. The summed E-state index contributed by atoms with van der Waals surface area (Å²) in [6.07, 6.45) is 0. The number of non-ortho nitro benzene ring substituents is 1. The minimum absolute atomic E-state index is 0.455. The van der Waals surface area contributed by atoms with Crippen molar-refractivity contribution in [2.45, 2.75) is 4.90 Å². The van der Waals surface area contributed by atoms with E-state index < -0.39 is 42.8 Å². The van der Waals surface area contributed by atoms with Crippen LogP contribution in [0, 0.1) is 15.9 Å². The molecule has 0 unspecified atom stereocenters. The summed E-state index contributed by atoms with van der Waals surface area (Å²) < 4.78 is 35.9. The van der Waals surface area contributed by atoms with Crippen LogP contribution in [0.1, 0.15) is 10.4 Å². The van der Waals surface area contributed by atoms with Crippen molar-refractivity contribution in [2.75, 3.05) is 7.05 Å². The van der Waals surface area contributed by atoms with Gasteiger partial charge < -0.3 is 5.32 Å². The Balaban J connectivity index is 3.69.